The molecule has 0 amide bonds. The highest BCUT2D eigenvalue weighted by Gasteiger charge is 2.28. The number of hydrogen-bond donors (Lipinski definition) is 0. The molecule has 3 atom stereocenters. The molecule has 0 N–H and O–H groups in total. The molecule has 2 heterocycles. The Kier molecular flexibility index (Phi) is 9.37. The molecule has 264 valence electrons. The van der Waals surface area contributed by atoms with Gasteiger partial charge >= 0.3 is 0 Å². The van der Waals surface area contributed by atoms with Crippen molar-refractivity contribution in [3.8, 4) is 56.9 Å². The number of allylic oxidation sites excluding steroid dienone is 8. The van der Waals surface area contributed by atoms with Crippen LogP contribution >= 0.6 is 0 Å². The van der Waals surface area contributed by atoms with E-state index in [1.54, 1.807) is 0 Å². The summed E-state index contributed by atoms with van der Waals surface area (Å²) >= 11 is 0. The summed E-state index contributed by atoms with van der Waals surface area (Å²) in [6, 6.07) is 49.1. The lowest BCUT2D eigenvalue weighted by Gasteiger charge is -2.30. The smallest absolute Gasteiger partial charge is 0.164 e. The van der Waals surface area contributed by atoms with Crippen molar-refractivity contribution in [2.75, 3.05) is 0 Å². The van der Waals surface area contributed by atoms with Gasteiger partial charge in [0.2, 0.25) is 0 Å². The molecular weight excluding hydrogens is 673 g/mol. The van der Waals surface area contributed by atoms with Gasteiger partial charge in [0.05, 0.1) is 0 Å². The van der Waals surface area contributed by atoms with Crippen LogP contribution in [0.5, 0.6) is 0 Å². The van der Waals surface area contributed by atoms with Crippen LogP contribution in [-0.2, 0) is 0 Å². The Bertz CT molecular complexity index is 2460. The van der Waals surface area contributed by atoms with E-state index in [0.29, 0.717) is 29.1 Å². The largest absolute Gasteiger partial charge is 0.212 e. The van der Waals surface area contributed by atoms with Gasteiger partial charge in [0.15, 0.2) is 29.1 Å². The topological polar surface area (TPSA) is 77.3 Å². The molecule has 0 aliphatic heterocycles. The normalized spacial score (nSPS) is 17.7. The lowest BCUT2D eigenvalue weighted by molar-refractivity contribution is 0.592. The third-order valence-corrected chi connectivity index (χ3v) is 10.3. The molecule has 0 saturated carbocycles. The van der Waals surface area contributed by atoms with Crippen LogP contribution < -0.4 is 0 Å². The molecule has 0 saturated heterocycles. The van der Waals surface area contributed by atoms with Crippen molar-refractivity contribution in [1.82, 2.24) is 29.9 Å². The van der Waals surface area contributed by atoms with Gasteiger partial charge < -0.3 is 0 Å². The molecule has 6 nitrogen and oxygen atoms in total. The minimum absolute atomic E-state index is 0.0210. The van der Waals surface area contributed by atoms with Gasteiger partial charge in [-0.3, -0.25) is 0 Å². The van der Waals surface area contributed by atoms with Crippen LogP contribution in [0.15, 0.2) is 188 Å². The van der Waals surface area contributed by atoms with Gasteiger partial charge in [-0.05, 0) is 35.1 Å². The Hall–Kier alpha value is -6.92. The molecule has 2 aromatic heterocycles. The first-order chi connectivity index (χ1) is 27.2. The molecule has 0 bridgehead atoms. The lowest BCUT2D eigenvalue weighted by Crippen LogP contribution is -2.18. The van der Waals surface area contributed by atoms with Gasteiger partial charge in [-0.2, -0.15) is 0 Å². The number of nitrogens with zero attached hydrogens (tertiary/aromatic N) is 6. The van der Waals surface area contributed by atoms with Gasteiger partial charge in [-0.25, -0.2) is 29.9 Å². The van der Waals surface area contributed by atoms with Crippen LogP contribution in [0.3, 0.4) is 0 Å². The predicted octanol–water partition coefficient (Wildman–Crippen LogP) is 11.3. The minimum Gasteiger partial charge on any atom is -0.212 e. The molecule has 5 aromatic carbocycles. The van der Waals surface area contributed by atoms with E-state index in [4.69, 9.17) is 29.9 Å². The highest BCUT2D eigenvalue weighted by atomic mass is 15.0. The second-order valence-electron chi connectivity index (χ2n) is 13.9. The Morgan fingerprint density at radius 3 is 1.42 bits per heavy atom. The maximum Gasteiger partial charge on any atom is 0.164 e. The Balaban J connectivity index is 1.03. The molecule has 0 fully saturated rings. The zero-order valence-electron chi connectivity index (χ0n) is 30.4. The van der Waals surface area contributed by atoms with Crippen molar-refractivity contribution >= 4 is 5.57 Å². The van der Waals surface area contributed by atoms with Crippen LogP contribution in [0.25, 0.3) is 62.5 Å². The van der Waals surface area contributed by atoms with E-state index in [1.807, 2.05) is 97.1 Å². The summed E-state index contributed by atoms with van der Waals surface area (Å²) in [5.41, 5.74) is 8.49. The molecule has 55 heavy (non-hydrogen) atoms. The number of benzene rings is 5. The van der Waals surface area contributed by atoms with Crippen molar-refractivity contribution in [3.05, 3.63) is 199 Å². The van der Waals surface area contributed by atoms with E-state index in [0.717, 1.165) is 45.6 Å². The number of aromatic nitrogens is 6. The van der Waals surface area contributed by atoms with Crippen LogP contribution in [0.2, 0.25) is 0 Å². The van der Waals surface area contributed by atoms with E-state index in [2.05, 4.69) is 91.9 Å². The summed E-state index contributed by atoms with van der Waals surface area (Å²) in [4.78, 5) is 29.9. The monoisotopic (exact) mass is 710 g/mol. The summed E-state index contributed by atoms with van der Waals surface area (Å²) < 4.78 is 0. The van der Waals surface area contributed by atoms with Crippen molar-refractivity contribution in [2.24, 2.45) is 11.8 Å². The average Bonchev–Trinajstić information content (AvgIpc) is 3.27. The highest BCUT2D eigenvalue weighted by Crippen LogP contribution is 2.41. The number of rotatable bonds is 8. The first kappa shape index (κ1) is 33.9. The lowest BCUT2D eigenvalue weighted by atomic mass is 9.74. The minimum atomic E-state index is 0.0210. The fourth-order valence-corrected chi connectivity index (χ4v) is 7.42. The van der Waals surface area contributed by atoms with Crippen LogP contribution in [0.1, 0.15) is 30.7 Å². The summed E-state index contributed by atoms with van der Waals surface area (Å²) in [7, 11) is 0. The van der Waals surface area contributed by atoms with Gasteiger partial charge in [-0.1, -0.05) is 183 Å². The highest BCUT2D eigenvalue weighted by molar-refractivity contribution is 5.75. The fraction of sp³-hybridized carbons (Fsp3) is 0.102. The maximum absolute atomic E-state index is 5.06. The summed E-state index contributed by atoms with van der Waals surface area (Å²) in [5, 5.41) is 0. The third kappa shape index (κ3) is 7.22. The summed E-state index contributed by atoms with van der Waals surface area (Å²) in [6.45, 7) is 2.32. The second kappa shape index (κ2) is 15.2. The van der Waals surface area contributed by atoms with Crippen molar-refractivity contribution < 1.29 is 0 Å². The number of hydrogen-bond acceptors (Lipinski definition) is 6. The average molecular weight is 711 g/mol. The standard InChI is InChI=1S/C49H38N6/c1-33-42(38-25-14-27-40(31-38)48-52-44(34-17-6-2-7-18-34)50-45(53-48)35-19-8-3-9-20-35)29-16-30-43(33)39-26-15-28-41(32-39)49-54-46(36-21-10-4-11-22-36)51-47(55-49)37-23-12-5-13-24-37/h2-27,29-33,41,43H,28H2,1H3. The van der Waals surface area contributed by atoms with Crippen LogP contribution in [0, 0.1) is 11.8 Å². The van der Waals surface area contributed by atoms with E-state index in [-0.39, 0.29) is 17.8 Å². The Morgan fingerprint density at radius 2 is 0.909 bits per heavy atom. The molecule has 0 spiro atoms. The Labute approximate surface area is 321 Å². The first-order valence-corrected chi connectivity index (χ1v) is 18.8. The van der Waals surface area contributed by atoms with Crippen molar-refractivity contribution in [2.45, 2.75) is 19.3 Å². The zero-order chi connectivity index (χ0) is 37.0. The molecule has 3 unspecified atom stereocenters. The van der Waals surface area contributed by atoms with Gasteiger partial charge in [0, 0.05) is 39.7 Å². The van der Waals surface area contributed by atoms with Gasteiger partial charge in [-0.15, -0.1) is 0 Å². The summed E-state index contributed by atoms with van der Waals surface area (Å²) in [5.74, 6) is 4.53. The molecule has 6 heteroatoms. The molecule has 0 radical (unpaired) electrons. The van der Waals surface area contributed by atoms with Gasteiger partial charge in [0.25, 0.3) is 0 Å². The zero-order valence-corrected chi connectivity index (χ0v) is 30.4. The van der Waals surface area contributed by atoms with Crippen molar-refractivity contribution in [3.63, 3.8) is 0 Å². The molecule has 2 aliphatic carbocycles. The molecular formula is C49H38N6. The SMILES string of the molecule is CC1C(c2cccc(-c3nc(-c4ccccc4)nc(-c4ccccc4)n3)c2)=CC=CC1C1=CC(c2nc(-c3ccccc3)nc(-c3ccccc3)n2)CC=C1. The summed E-state index contributed by atoms with van der Waals surface area (Å²) in [6.07, 6.45) is 14.5. The maximum atomic E-state index is 5.06. The van der Waals surface area contributed by atoms with E-state index < -0.39 is 0 Å². The van der Waals surface area contributed by atoms with E-state index >= 15 is 0 Å². The molecule has 9 rings (SSSR count). The van der Waals surface area contributed by atoms with Crippen LogP contribution in [0.4, 0.5) is 0 Å². The fourth-order valence-electron chi connectivity index (χ4n) is 7.42. The van der Waals surface area contributed by atoms with E-state index in [9.17, 15) is 0 Å². The molecule has 7 aromatic rings. The van der Waals surface area contributed by atoms with Gasteiger partial charge in [0.1, 0.15) is 5.82 Å². The molecule has 2 aliphatic rings. The third-order valence-electron chi connectivity index (χ3n) is 10.3. The first-order valence-electron chi connectivity index (χ1n) is 18.8. The second-order valence-corrected chi connectivity index (χ2v) is 13.9. The van der Waals surface area contributed by atoms with E-state index in [1.165, 1.54) is 11.1 Å². The quantitative estimate of drug-likeness (QED) is 0.156. The van der Waals surface area contributed by atoms with Crippen LogP contribution in [-0.4, -0.2) is 29.9 Å². The Morgan fingerprint density at radius 1 is 0.473 bits per heavy atom. The van der Waals surface area contributed by atoms with Crippen molar-refractivity contribution in [1.29, 1.82) is 0 Å². The predicted molar refractivity (Wildman–Crippen MR) is 221 cm³/mol.